The van der Waals surface area contributed by atoms with Crippen molar-refractivity contribution in [2.75, 3.05) is 6.61 Å². The van der Waals surface area contributed by atoms with Crippen molar-refractivity contribution in [3.05, 3.63) is 11.8 Å². The monoisotopic (exact) mass is 340 g/mol. The average Bonchev–Trinajstić information content (AvgIpc) is 2.52. The van der Waals surface area contributed by atoms with Gasteiger partial charge >= 0.3 is 12.1 Å². The normalized spacial score (nSPS) is 26.7. The number of Topliss-reactive ketones (excluding diaryl/α,β-unsaturated/α-hetero) is 1. The fourth-order valence-electron chi connectivity index (χ4n) is 3.44. The van der Waals surface area contributed by atoms with Gasteiger partial charge in [0.15, 0.2) is 0 Å². The highest BCUT2D eigenvalue weighted by Crippen LogP contribution is 2.43. The van der Waals surface area contributed by atoms with Crippen molar-refractivity contribution in [3.8, 4) is 0 Å². The van der Waals surface area contributed by atoms with Crippen molar-refractivity contribution < 1.29 is 29.0 Å². The molecule has 0 unspecified atom stereocenters. The molecule has 1 rings (SSSR count). The molecule has 1 fully saturated rings. The fraction of sp³-hybridized carbons (Fsp3) is 0.722. The standard InChI is InChI=1S/C18H28O6/c1-5-23-18(22)24-17(21)13(4)15-8-6-11(2)14(16(15)10-19)9-7-12(3)20/h10-11,13-15,19H,5-9H2,1-4H3/b16-10+/t11-,13-,14+,15+/m1/s1. The van der Waals surface area contributed by atoms with Crippen LogP contribution in [-0.4, -0.2) is 29.6 Å². The minimum Gasteiger partial charge on any atom is -0.516 e. The second-order valence-corrected chi connectivity index (χ2v) is 6.53. The molecule has 1 saturated carbocycles. The number of hydrogen-bond acceptors (Lipinski definition) is 6. The van der Waals surface area contributed by atoms with Crippen molar-refractivity contribution >= 4 is 17.9 Å². The van der Waals surface area contributed by atoms with Crippen LogP contribution in [-0.2, 0) is 19.1 Å². The molecular weight excluding hydrogens is 312 g/mol. The van der Waals surface area contributed by atoms with E-state index in [-0.39, 0.29) is 24.2 Å². The number of ketones is 1. The minimum absolute atomic E-state index is 0.0514. The Hall–Kier alpha value is -1.85. The number of hydrogen-bond donors (Lipinski definition) is 1. The zero-order valence-electron chi connectivity index (χ0n) is 14.9. The molecule has 1 aliphatic rings. The lowest BCUT2D eigenvalue weighted by Gasteiger charge is -2.38. The summed E-state index contributed by atoms with van der Waals surface area (Å²) in [5.74, 6) is -0.943. The van der Waals surface area contributed by atoms with E-state index in [9.17, 15) is 19.5 Å². The van der Waals surface area contributed by atoms with Crippen LogP contribution in [0.25, 0.3) is 0 Å². The fourth-order valence-corrected chi connectivity index (χ4v) is 3.44. The molecular formula is C18H28O6. The van der Waals surface area contributed by atoms with E-state index in [0.717, 1.165) is 24.7 Å². The maximum absolute atomic E-state index is 12.2. The number of carbonyl (C=O) groups excluding carboxylic acids is 3. The Morgan fingerprint density at radius 2 is 2.00 bits per heavy atom. The van der Waals surface area contributed by atoms with Crippen LogP contribution >= 0.6 is 0 Å². The van der Waals surface area contributed by atoms with Gasteiger partial charge in [0.05, 0.1) is 18.8 Å². The van der Waals surface area contributed by atoms with Gasteiger partial charge in [0.1, 0.15) is 5.78 Å². The van der Waals surface area contributed by atoms with Crippen LogP contribution in [0.2, 0.25) is 0 Å². The number of aliphatic hydroxyl groups is 1. The second kappa shape index (κ2) is 9.45. The summed E-state index contributed by atoms with van der Waals surface area (Å²) in [6.07, 6.45) is 2.78. The van der Waals surface area contributed by atoms with Crippen LogP contribution in [0.4, 0.5) is 4.79 Å². The quantitative estimate of drug-likeness (QED) is 0.449. The van der Waals surface area contributed by atoms with Gasteiger partial charge in [-0.3, -0.25) is 4.79 Å². The molecule has 6 heteroatoms. The number of carbonyl (C=O) groups is 3. The zero-order valence-corrected chi connectivity index (χ0v) is 14.9. The molecule has 0 amide bonds. The molecule has 0 spiro atoms. The highest BCUT2D eigenvalue weighted by molar-refractivity contribution is 5.83. The molecule has 0 bridgehead atoms. The Bertz CT molecular complexity index is 496. The average molecular weight is 340 g/mol. The molecule has 0 saturated heterocycles. The molecule has 4 atom stereocenters. The van der Waals surface area contributed by atoms with E-state index >= 15 is 0 Å². The number of rotatable bonds is 6. The van der Waals surface area contributed by atoms with Crippen LogP contribution < -0.4 is 0 Å². The van der Waals surface area contributed by atoms with Gasteiger partial charge in [-0.2, -0.15) is 0 Å². The molecule has 1 N–H and O–H groups in total. The Labute approximate surface area is 143 Å². The highest BCUT2D eigenvalue weighted by Gasteiger charge is 2.38. The predicted octanol–water partition coefficient (Wildman–Crippen LogP) is 3.80. The van der Waals surface area contributed by atoms with Crippen LogP contribution in [0.15, 0.2) is 11.8 Å². The lowest BCUT2D eigenvalue weighted by molar-refractivity contribution is -0.145. The summed E-state index contributed by atoms with van der Waals surface area (Å²) in [4.78, 5) is 34.8. The summed E-state index contributed by atoms with van der Waals surface area (Å²) in [6.45, 7) is 7.09. The highest BCUT2D eigenvalue weighted by atomic mass is 16.7. The van der Waals surface area contributed by atoms with E-state index in [2.05, 4.69) is 11.7 Å². The summed E-state index contributed by atoms with van der Waals surface area (Å²) < 4.78 is 9.32. The van der Waals surface area contributed by atoms with Gasteiger partial charge in [-0.05, 0) is 56.4 Å². The molecule has 0 aliphatic heterocycles. The third-order valence-corrected chi connectivity index (χ3v) is 4.85. The van der Waals surface area contributed by atoms with Gasteiger partial charge in [-0.15, -0.1) is 0 Å². The Kier molecular flexibility index (Phi) is 7.95. The summed E-state index contributed by atoms with van der Waals surface area (Å²) in [5, 5.41) is 9.72. The molecule has 0 radical (unpaired) electrons. The van der Waals surface area contributed by atoms with Crippen molar-refractivity contribution in [2.45, 2.75) is 53.4 Å². The van der Waals surface area contributed by atoms with Gasteiger partial charge in [0, 0.05) is 6.42 Å². The first-order valence-electron chi connectivity index (χ1n) is 8.53. The smallest absolute Gasteiger partial charge is 0.516 e. The summed E-state index contributed by atoms with van der Waals surface area (Å²) >= 11 is 0. The molecule has 0 aromatic carbocycles. The lowest BCUT2D eigenvalue weighted by Crippen LogP contribution is -2.34. The summed E-state index contributed by atoms with van der Waals surface area (Å²) in [6, 6.07) is 0. The lowest BCUT2D eigenvalue weighted by atomic mass is 9.66. The first-order valence-corrected chi connectivity index (χ1v) is 8.53. The van der Waals surface area contributed by atoms with Crippen molar-refractivity contribution in [3.63, 3.8) is 0 Å². The molecule has 136 valence electrons. The second-order valence-electron chi connectivity index (χ2n) is 6.53. The number of ether oxygens (including phenoxy) is 2. The largest absolute Gasteiger partial charge is 0.516 e. The molecule has 0 heterocycles. The van der Waals surface area contributed by atoms with E-state index in [0.29, 0.717) is 18.8 Å². The van der Waals surface area contributed by atoms with Gasteiger partial charge < -0.3 is 19.4 Å². The van der Waals surface area contributed by atoms with E-state index in [4.69, 9.17) is 4.74 Å². The van der Waals surface area contributed by atoms with E-state index in [1.807, 2.05) is 0 Å². The third-order valence-electron chi connectivity index (χ3n) is 4.85. The van der Waals surface area contributed by atoms with Gasteiger partial charge in [-0.25, -0.2) is 4.79 Å². The summed E-state index contributed by atoms with van der Waals surface area (Å²) in [7, 11) is 0. The number of allylic oxidation sites excluding steroid dienone is 1. The minimum atomic E-state index is -0.999. The first-order chi connectivity index (χ1) is 11.3. The van der Waals surface area contributed by atoms with Crippen LogP contribution in [0.5, 0.6) is 0 Å². The van der Waals surface area contributed by atoms with Crippen LogP contribution in [0.3, 0.4) is 0 Å². The molecule has 6 nitrogen and oxygen atoms in total. The Morgan fingerprint density at radius 3 is 2.54 bits per heavy atom. The van der Waals surface area contributed by atoms with Crippen molar-refractivity contribution in [1.29, 1.82) is 0 Å². The molecule has 0 aromatic heterocycles. The molecule has 0 aromatic rings. The van der Waals surface area contributed by atoms with Crippen LogP contribution in [0.1, 0.15) is 53.4 Å². The topological polar surface area (TPSA) is 89.9 Å². The third kappa shape index (κ3) is 5.35. The van der Waals surface area contributed by atoms with E-state index in [1.54, 1.807) is 20.8 Å². The maximum Gasteiger partial charge on any atom is 0.516 e. The maximum atomic E-state index is 12.2. The van der Waals surface area contributed by atoms with E-state index < -0.39 is 18.0 Å². The SMILES string of the molecule is CCOC(=O)OC(=O)[C@H](C)[C@@H]1CC[C@@H](C)[C@H](CCC(C)=O)/C1=C\O. The van der Waals surface area contributed by atoms with Gasteiger partial charge in [0.2, 0.25) is 0 Å². The first kappa shape index (κ1) is 20.2. The Balaban J connectivity index is 2.83. The van der Waals surface area contributed by atoms with E-state index in [1.165, 1.54) is 0 Å². The van der Waals surface area contributed by atoms with Crippen molar-refractivity contribution in [2.24, 2.45) is 23.7 Å². The molecule has 24 heavy (non-hydrogen) atoms. The predicted molar refractivity (Wildman–Crippen MR) is 88.3 cm³/mol. The number of aliphatic hydroxyl groups excluding tert-OH is 1. The van der Waals surface area contributed by atoms with Gasteiger partial charge in [0.25, 0.3) is 0 Å². The number of esters is 1. The molecule has 1 aliphatic carbocycles. The van der Waals surface area contributed by atoms with Crippen molar-refractivity contribution in [1.82, 2.24) is 0 Å². The van der Waals surface area contributed by atoms with Gasteiger partial charge in [-0.1, -0.05) is 13.8 Å². The summed E-state index contributed by atoms with van der Waals surface area (Å²) in [5.41, 5.74) is 0.767. The Morgan fingerprint density at radius 1 is 1.33 bits per heavy atom. The zero-order chi connectivity index (χ0) is 18.3. The van der Waals surface area contributed by atoms with Crippen LogP contribution in [0, 0.1) is 23.7 Å².